The molecule has 9 nitrogen and oxygen atoms in total. The smallest absolute Gasteiger partial charge is 0.319 e. The summed E-state index contributed by atoms with van der Waals surface area (Å²) in [4.78, 5) is 35.7. The van der Waals surface area contributed by atoms with Crippen molar-refractivity contribution in [3.8, 4) is 5.75 Å². The number of non-ortho nitro benzene ring substituents is 1. The molecule has 2 aromatic carbocycles. The van der Waals surface area contributed by atoms with Crippen LogP contribution in [0.25, 0.3) is 0 Å². The van der Waals surface area contributed by atoms with Gasteiger partial charge in [-0.2, -0.15) is 0 Å². The van der Waals surface area contributed by atoms with Crippen molar-refractivity contribution in [2.24, 2.45) is 0 Å². The Morgan fingerprint density at radius 1 is 1.24 bits per heavy atom. The minimum Gasteiger partial charge on any atom is -0.496 e. The Labute approximate surface area is 166 Å². The molecule has 0 bridgehead atoms. The Morgan fingerprint density at radius 2 is 1.97 bits per heavy atom. The number of ether oxygens (including phenoxy) is 1. The van der Waals surface area contributed by atoms with Crippen LogP contribution in [0.5, 0.6) is 5.75 Å². The molecule has 1 atom stereocenters. The number of rotatable bonds is 6. The van der Waals surface area contributed by atoms with Gasteiger partial charge in [-0.1, -0.05) is 30.3 Å². The van der Waals surface area contributed by atoms with E-state index < -0.39 is 22.9 Å². The van der Waals surface area contributed by atoms with E-state index in [1.807, 2.05) is 30.3 Å². The number of methoxy groups -OCH3 is 1. The van der Waals surface area contributed by atoms with Crippen molar-refractivity contribution >= 4 is 17.6 Å². The quantitative estimate of drug-likeness (QED) is 0.512. The maximum Gasteiger partial charge on any atom is 0.319 e. The SMILES string of the molecule is COc1ccc([N+](=O)[O-])cc1[C@@H]1NC(=O)NC(C)=C1C(=O)NCc1ccccc1. The van der Waals surface area contributed by atoms with Crippen LogP contribution in [0.1, 0.15) is 24.1 Å². The third-order valence-electron chi connectivity index (χ3n) is 4.54. The van der Waals surface area contributed by atoms with Crippen LogP contribution in [0.3, 0.4) is 0 Å². The maximum absolute atomic E-state index is 13.0. The summed E-state index contributed by atoms with van der Waals surface area (Å²) < 4.78 is 5.31. The molecule has 2 aromatic rings. The standard InChI is InChI=1S/C20H20N4O5/c1-12-17(19(25)21-11-13-6-4-3-5-7-13)18(23-20(26)22-12)15-10-14(24(27)28)8-9-16(15)29-2/h3-10,18H,11H2,1-2H3,(H,21,25)(H2,22,23,26)/t18-/m0/s1. The minimum atomic E-state index is -0.908. The van der Waals surface area contributed by atoms with E-state index in [9.17, 15) is 19.7 Å². The molecule has 3 rings (SSSR count). The van der Waals surface area contributed by atoms with E-state index >= 15 is 0 Å². The molecule has 0 fully saturated rings. The van der Waals surface area contributed by atoms with Gasteiger partial charge >= 0.3 is 6.03 Å². The molecule has 0 radical (unpaired) electrons. The highest BCUT2D eigenvalue weighted by molar-refractivity contribution is 5.98. The normalized spacial score (nSPS) is 15.9. The largest absolute Gasteiger partial charge is 0.496 e. The first-order chi connectivity index (χ1) is 13.9. The van der Waals surface area contributed by atoms with Gasteiger partial charge in [0.1, 0.15) is 5.75 Å². The van der Waals surface area contributed by atoms with Gasteiger partial charge in [0, 0.05) is 29.9 Å². The van der Waals surface area contributed by atoms with E-state index in [1.165, 1.54) is 25.3 Å². The number of nitrogens with one attached hydrogen (secondary N) is 3. The lowest BCUT2D eigenvalue weighted by Gasteiger charge is -2.29. The molecule has 0 aromatic heterocycles. The van der Waals surface area contributed by atoms with Crippen LogP contribution >= 0.6 is 0 Å². The van der Waals surface area contributed by atoms with Crippen LogP contribution in [-0.4, -0.2) is 24.0 Å². The number of urea groups is 1. The number of nitro groups is 1. The molecule has 0 saturated heterocycles. The lowest BCUT2D eigenvalue weighted by molar-refractivity contribution is -0.385. The van der Waals surface area contributed by atoms with E-state index in [1.54, 1.807) is 6.92 Å². The summed E-state index contributed by atoms with van der Waals surface area (Å²) in [5.41, 5.74) is 1.67. The Morgan fingerprint density at radius 3 is 2.62 bits per heavy atom. The van der Waals surface area contributed by atoms with E-state index in [4.69, 9.17) is 4.74 Å². The predicted octanol–water partition coefficient (Wildman–Crippen LogP) is 2.55. The average Bonchev–Trinajstić information content (AvgIpc) is 2.71. The summed E-state index contributed by atoms with van der Waals surface area (Å²) in [6.45, 7) is 1.90. The zero-order chi connectivity index (χ0) is 21.0. The van der Waals surface area contributed by atoms with Crippen LogP contribution in [0.15, 0.2) is 59.8 Å². The van der Waals surface area contributed by atoms with Gasteiger partial charge in [0.05, 0.1) is 23.6 Å². The third-order valence-corrected chi connectivity index (χ3v) is 4.54. The monoisotopic (exact) mass is 396 g/mol. The number of allylic oxidation sites excluding steroid dienone is 1. The first-order valence-electron chi connectivity index (χ1n) is 8.83. The van der Waals surface area contributed by atoms with Crippen LogP contribution < -0.4 is 20.7 Å². The fourth-order valence-corrected chi connectivity index (χ4v) is 3.16. The summed E-state index contributed by atoms with van der Waals surface area (Å²) in [6.07, 6.45) is 0. The molecule has 1 aliphatic heterocycles. The van der Waals surface area contributed by atoms with Gasteiger partial charge in [-0.25, -0.2) is 4.79 Å². The Hall–Kier alpha value is -3.88. The number of carbonyl (C=O) groups is 2. The Bertz CT molecular complexity index is 988. The van der Waals surface area contributed by atoms with Crippen molar-refractivity contribution in [3.05, 3.63) is 81.0 Å². The lowest BCUT2D eigenvalue weighted by Crippen LogP contribution is -2.47. The summed E-state index contributed by atoms with van der Waals surface area (Å²) in [7, 11) is 1.42. The molecule has 9 heteroatoms. The summed E-state index contributed by atoms with van der Waals surface area (Å²) in [5, 5.41) is 19.3. The van der Waals surface area contributed by atoms with Gasteiger partial charge in [0.15, 0.2) is 0 Å². The lowest BCUT2D eigenvalue weighted by atomic mass is 9.93. The second-order valence-corrected chi connectivity index (χ2v) is 6.42. The number of hydrogen-bond acceptors (Lipinski definition) is 5. The number of nitro benzene ring substituents is 1. The zero-order valence-electron chi connectivity index (χ0n) is 15.9. The molecule has 0 aliphatic carbocycles. The molecule has 0 spiro atoms. The van der Waals surface area contributed by atoms with Gasteiger partial charge in [0.2, 0.25) is 0 Å². The van der Waals surface area contributed by atoms with E-state index in [0.717, 1.165) is 5.56 Å². The van der Waals surface area contributed by atoms with Crippen molar-refractivity contribution in [1.29, 1.82) is 0 Å². The molecule has 29 heavy (non-hydrogen) atoms. The highest BCUT2D eigenvalue weighted by atomic mass is 16.6. The highest BCUT2D eigenvalue weighted by Gasteiger charge is 2.33. The van der Waals surface area contributed by atoms with Crippen molar-refractivity contribution in [3.63, 3.8) is 0 Å². The van der Waals surface area contributed by atoms with Crippen LogP contribution in [-0.2, 0) is 11.3 Å². The Kier molecular flexibility index (Phi) is 5.77. The molecular formula is C20H20N4O5. The van der Waals surface area contributed by atoms with Gasteiger partial charge in [0.25, 0.3) is 11.6 Å². The maximum atomic E-state index is 13.0. The fourth-order valence-electron chi connectivity index (χ4n) is 3.16. The van der Waals surface area contributed by atoms with Crippen LogP contribution in [0, 0.1) is 10.1 Å². The van der Waals surface area contributed by atoms with Gasteiger partial charge in [-0.3, -0.25) is 14.9 Å². The average molecular weight is 396 g/mol. The third kappa shape index (κ3) is 4.34. The molecule has 0 saturated carbocycles. The first-order valence-corrected chi connectivity index (χ1v) is 8.83. The van der Waals surface area contributed by atoms with Crippen molar-refractivity contribution < 1.29 is 19.2 Å². The minimum absolute atomic E-state index is 0.171. The predicted molar refractivity (Wildman–Crippen MR) is 105 cm³/mol. The first kappa shape index (κ1) is 19.9. The van der Waals surface area contributed by atoms with E-state index in [-0.39, 0.29) is 11.3 Å². The number of nitrogens with zero attached hydrogens (tertiary/aromatic N) is 1. The van der Waals surface area contributed by atoms with Crippen molar-refractivity contribution in [1.82, 2.24) is 16.0 Å². The topological polar surface area (TPSA) is 123 Å². The molecule has 1 aliphatic rings. The van der Waals surface area contributed by atoms with Crippen LogP contribution in [0.2, 0.25) is 0 Å². The highest BCUT2D eigenvalue weighted by Crippen LogP contribution is 2.35. The molecule has 3 amide bonds. The van der Waals surface area contributed by atoms with Crippen molar-refractivity contribution in [2.45, 2.75) is 19.5 Å². The molecular weight excluding hydrogens is 376 g/mol. The van der Waals surface area contributed by atoms with Crippen molar-refractivity contribution in [2.75, 3.05) is 7.11 Å². The molecule has 150 valence electrons. The van der Waals surface area contributed by atoms with Crippen LogP contribution in [0.4, 0.5) is 10.5 Å². The summed E-state index contributed by atoms with van der Waals surface area (Å²) >= 11 is 0. The molecule has 1 heterocycles. The summed E-state index contributed by atoms with van der Waals surface area (Å²) in [5.74, 6) is -0.0821. The Balaban J connectivity index is 1.97. The zero-order valence-corrected chi connectivity index (χ0v) is 15.9. The van der Waals surface area contributed by atoms with E-state index in [2.05, 4.69) is 16.0 Å². The number of amides is 3. The second kappa shape index (κ2) is 8.42. The number of carbonyl (C=O) groups excluding carboxylic acids is 2. The van der Waals surface area contributed by atoms with Gasteiger partial charge in [-0.05, 0) is 18.6 Å². The van der Waals surface area contributed by atoms with Gasteiger partial charge in [-0.15, -0.1) is 0 Å². The second-order valence-electron chi connectivity index (χ2n) is 6.42. The summed E-state index contributed by atoms with van der Waals surface area (Å²) in [6, 6.07) is 12.0. The number of benzene rings is 2. The molecule has 3 N–H and O–H groups in total. The van der Waals surface area contributed by atoms with E-state index in [0.29, 0.717) is 23.6 Å². The fraction of sp³-hybridized carbons (Fsp3) is 0.200. The molecule has 0 unspecified atom stereocenters. The van der Waals surface area contributed by atoms with Gasteiger partial charge < -0.3 is 20.7 Å². The number of hydrogen-bond donors (Lipinski definition) is 3.